The number of nitrogens with zero attached hydrogens (tertiary/aromatic N) is 2. The maximum absolute atomic E-state index is 12.4. The van der Waals surface area contributed by atoms with Crippen LogP contribution in [0, 0.1) is 0 Å². The first kappa shape index (κ1) is 14.9. The standard InChI is InChI=1S/C16H22N2O2S/c19-15(13-4-2-1-3-5-13)16(20)18-9-7-17(8-10-18)14-6-11-21-12-14/h1-5,14-15,19H,6-12H2. The minimum atomic E-state index is -1.03. The fourth-order valence-electron chi connectivity index (χ4n) is 3.07. The molecule has 2 heterocycles. The molecule has 21 heavy (non-hydrogen) atoms. The Kier molecular flexibility index (Phi) is 4.83. The number of aliphatic hydroxyl groups is 1. The summed E-state index contributed by atoms with van der Waals surface area (Å²) in [4.78, 5) is 16.7. The van der Waals surface area contributed by atoms with Crippen LogP contribution in [-0.4, -0.2) is 64.5 Å². The van der Waals surface area contributed by atoms with Crippen molar-refractivity contribution in [2.24, 2.45) is 0 Å². The predicted octanol–water partition coefficient (Wildman–Crippen LogP) is 1.37. The van der Waals surface area contributed by atoms with E-state index >= 15 is 0 Å². The Balaban J connectivity index is 1.55. The number of carbonyl (C=O) groups excluding carboxylic acids is 1. The van der Waals surface area contributed by atoms with Crippen LogP contribution in [0.4, 0.5) is 0 Å². The largest absolute Gasteiger partial charge is 0.378 e. The Morgan fingerprint density at radius 2 is 1.90 bits per heavy atom. The number of thioether (sulfide) groups is 1. The van der Waals surface area contributed by atoms with Gasteiger partial charge in [-0.15, -0.1) is 0 Å². The van der Waals surface area contributed by atoms with Gasteiger partial charge in [0.05, 0.1) is 0 Å². The molecular formula is C16H22N2O2S. The summed E-state index contributed by atoms with van der Waals surface area (Å²) >= 11 is 2.02. The molecule has 3 rings (SSSR count). The fourth-order valence-corrected chi connectivity index (χ4v) is 4.32. The quantitative estimate of drug-likeness (QED) is 0.916. The summed E-state index contributed by atoms with van der Waals surface area (Å²) in [6.45, 7) is 3.31. The Bertz CT molecular complexity index is 468. The lowest BCUT2D eigenvalue weighted by Crippen LogP contribution is -2.53. The lowest BCUT2D eigenvalue weighted by atomic mass is 10.1. The molecule has 0 bridgehead atoms. The molecule has 2 atom stereocenters. The number of rotatable bonds is 3. The van der Waals surface area contributed by atoms with Crippen molar-refractivity contribution in [3.63, 3.8) is 0 Å². The normalized spacial score (nSPS) is 25.0. The van der Waals surface area contributed by atoms with Gasteiger partial charge in [-0.3, -0.25) is 9.69 Å². The van der Waals surface area contributed by atoms with Crippen molar-refractivity contribution < 1.29 is 9.90 Å². The first-order valence-corrected chi connectivity index (χ1v) is 8.75. The highest BCUT2D eigenvalue weighted by Crippen LogP contribution is 2.24. The van der Waals surface area contributed by atoms with Gasteiger partial charge < -0.3 is 10.0 Å². The summed E-state index contributed by atoms with van der Waals surface area (Å²) in [6, 6.07) is 9.87. The summed E-state index contributed by atoms with van der Waals surface area (Å²) in [6.07, 6.45) is 0.241. The number of carbonyl (C=O) groups is 1. The number of piperazine rings is 1. The van der Waals surface area contributed by atoms with Crippen LogP contribution in [0.2, 0.25) is 0 Å². The third-order valence-corrected chi connectivity index (χ3v) is 5.54. The number of hydrogen-bond donors (Lipinski definition) is 1. The molecule has 4 nitrogen and oxygen atoms in total. The zero-order valence-corrected chi connectivity index (χ0v) is 13.0. The Labute approximate surface area is 130 Å². The van der Waals surface area contributed by atoms with Gasteiger partial charge in [0.1, 0.15) is 0 Å². The average molecular weight is 306 g/mol. The maximum Gasteiger partial charge on any atom is 0.256 e. The molecule has 114 valence electrons. The van der Waals surface area contributed by atoms with E-state index in [1.165, 1.54) is 17.9 Å². The topological polar surface area (TPSA) is 43.8 Å². The van der Waals surface area contributed by atoms with Crippen molar-refractivity contribution in [3.05, 3.63) is 35.9 Å². The summed E-state index contributed by atoms with van der Waals surface area (Å²) in [7, 11) is 0. The maximum atomic E-state index is 12.4. The second-order valence-electron chi connectivity index (χ2n) is 5.69. The van der Waals surface area contributed by atoms with E-state index in [2.05, 4.69) is 4.90 Å². The fraction of sp³-hybridized carbons (Fsp3) is 0.562. The Hall–Kier alpha value is -1.04. The summed E-state index contributed by atoms with van der Waals surface area (Å²) in [5.74, 6) is 2.32. The molecule has 0 saturated carbocycles. The third kappa shape index (κ3) is 3.42. The molecule has 1 aromatic carbocycles. The van der Waals surface area contributed by atoms with E-state index in [0.29, 0.717) is 11.6 Å². The molecule has 2 fully saturated rings. The van der Waals surface area contributed by atoms with Crippen molar-refractivity contribution in [1.29, 1.82) is 0 Å². The molecule has 2 aliphatic heterocycles. The molecular weight excluding hydrogens is 284 g/mol. The molecule has 1 N–H and O–H groups in total. The Morgan fingerprint density at radius 3 is 2.52 bits per heavy atom. The van der Waals surface area contributed by atoms with Gasteiger partial charge in [0.15, 0.2) is 6.10 Å². The molecule has 0 radical (unpaired) electrons. The summed E-state index contributed by atoms with van der Waals surface area (Å²) < 4.78 is 0. The van der Waals surface area contributed by atoms with Crippen LogP contribution in [-0.2, 0) is 4.79 Å². The lowest BCUT2D eigenvalue weighted by Gasteiger charge is -2.38. The average Bonchev–Trinajstić information content (AvgIpc) is 3.09. The van der Waals surface area contributed by atoms with Gasteiger partial charge in [-0.25, -0.2) is 0 Å². The highest BCUT2D eigenvalue weighted by atomic mass is 32.2. The van der Waals surface area contributed by atoms with Crippen LogP contribution in [0.1, 0.15) is 18.1 Å². The van der Waals surface area contributed by atoms with Crippen molar-refractivity contribution in [1.82, 2.24) is 9.80 Å². The molecule has 1 aromatic rings. The van der Waals surface area contributed by atoms with Crippen LogP contribution in [0.25, 0.3) is 0 Å². The van der Waals surface area contributed by atoms with Gasteiger partial charge in [0, 0.05) is 38.0 Å². The molecule has 0 aromatic heterocycles. The highest BCUT2D eigenvalue weighted by molar-refractivity contribution is 7.99. The van der Waals surface area contributed by atoms with Crippen LogP contribution in [0.3, 0.4) is 0 Å². The van der Waals surface area contributed by atoms with Crippen molar-refractivity contribution in [2.45, 2.75) is 18.6 Å². The first-order valence-electron chi connectivity index (χ1n) is 7.59. The predicted molar refractivity (Wildman–Crippen MR) is 85.3 cm³/mol. The number of hydrogen-bond acceptors (Lipinski definition) is 4. The zero-order valence-electron chi connectivity index (χ0n) is 12.1. The molecule has 2 aliphatic rings. The molecule has 0 aliphatic carbocycles. The lowest BCUT2D eigenvalue weighted by molar-refractivity contribution is -0.142. The zero-order chi connectivity index (χ0) is 14.7. The van der Waals surface area contributed by atoms with Crippen LogP contribution < -0.4 is 0 Å². The number of aliphatic hydroxyl groups excluding tert-OH is 1. The van der Waals surface area contributed by atoms with E-state index in [1.54, 1.807) is 17.0 Å². The third-order valence-electron chi connectivity index (χ3n) is 4.40. The van der Waals surface area contributed by atoms with E-state index in [1.807, 2.05) is 30.0 Å². The second-order valence-corrected chi connectivity index (χ2v) is 6.84. The van der Waals surface area contributed by atoms with E-state index in [-0.39, 0.29) is 5.91 Å². The smallest absolute Gasteiger partial charge is 0.256 e. The molecule has 2 saturated heterocycles. The van der Waals surface area contributed by atoms with E-state index in [9.17, 15) is 9.90 Å². The monoisotopic (exact) mass is 306 g/mol. The number of benzene rings is 1. The van der Waals surface area contributed by atoms with Crippen molar-refractivity contribution >= 4 is 17.7 Å². The highest BCUT2D eigenvalue weighted by Gasteiger charge is 2.30. The molecule has 1 amide bonds. The Morgan fingerprint density at radius 1 is 1.19 bits per heavy atom. The van der Waals surface area contributed by atoms with E-state index in [0.717, 1.165) is 26.2 Å². The summed E-state index contributed by atoms with van der Waals surface area (Å²) in [5.41, 5.74) is 0.678. The minimum Gasteiger partial charge on any atom is -0.378 e. The first-order chi connectivity index (χ1) is 10.3. The van der Waals surface area contributed by atoms with E-state index < -0.39 is 6.10 Å². The molecule has 2 unspecified atom stereocenters. The SMILES string of the molecule is O=C(C(O)c1ccccc1)N1CCN(C2CCSC2)CC1. The van der Waals surface area contributed by atoms with Crippen LogP contribution in [0.15, 0.2) is 30.3 Å². The van der Waals surface area contributed by atoms with Gasteiger partial charge in [-0.05, 0) is 17.7 Å². The second kappa shape index (κ2) is 6.81. The van der Waals surface area contributed by atoms with Gasteiger partial charge in [-0.2, -0.15) is 11.8 Å². The van der Waals surface area contributed by atoms with Gasteiger partial charge >= 0.3 is 0 Å². The molecule has 0 spiro atoms. The van der Waals surface area contributed by atoms with Crippen LogP contribution in [0.5, 0.6) is 0 Å². The van der Waals surface area contributed by atoms with E-state index in [4.69, 9.17) is 0 Å². The number of amides is 1. The van der Waals surface area contributed by atoms with Crippen molar-refractivity contribution in [2.75, 3.05) is 37.7 Å². The van der Waals surface area contributed by atoms with Gasteiger partial charge in [0.25, 0.3) is 5.91 Å². The summed E-state index contributed by atoms with van der Waals surface area (Å²) in [5, 5.41) is 10.2. The van der Waals surface area contributed by atoms with Gasteiger partial charge in [0.2, 0.25) is 0 Å². The van der Waals surface area contributed by atoms with Crippen molar-refractivity contribution in [3.8, 4) is 0 Å². The molecule has 5 heteroatoms. The van der Waals surface area contributed by atoms with Crippen LogP contribution >= 0.6 is 11.8 Å². The van der Waals surface area contributed by atoms with Gasteiger partial charge in [-0.1, -0.05) is 30.3 Å². The minimum absolute atomic E-state index is 0.165.